The Balaban J connectivity index is 3.26. The molecular weight excluding hydrogens is 156 g/mol. The van der Waals surface area contributed by atoms with Gasteiger partial charge in [-0.3, -0.25) is 9.59 Å². The Bertz CT molecular complexity index is 167. The number of hydrogen-bond acceptors (Lipinski definition) is 4. The zero-order chi connectivity index (χ0) is 9.40. The van der Waals surface area contributed by atoms with Gasteiger partial charge < -0.3 is 0 Å². The van der Waals surface area contributed by atoms with E-state index in [2.05, 4.69) is 10.2 Å². The van der Waals surface area contributed by atoms with Crippen LogP contribution in [0.3, 0.4) is 0 Å². The second-order valence-corrected chi connectivity index (χ2v) is 2.63. The van der Waals surface area contributed by atoms with E-state index in [9.17, 15) is 9.59 Å². The summed E-state index contributed by atoms with van der Waals surface area (Å²) in [5.74, 6) is 0.223. The van der Waals surface area contributed by atoms with E-state index in [4.69, 9.17) is 0 Å². The molecule has 0 atom stereocenters. The summed E-state index contributed by atoms with van der Waals surface area (Å²) in [5, 5.41) is 7.47. The zero-order valence-corrected chi connectivity index (χ0v) is 7.54. The van der Waals surface area contributed by atoms with E-state index in [1.807, 2.05) is 0 Å². The number of azo groups is 1. The Labute approximate surface area is 72.1 Å². The van der Waals surface area contributed by atoms with Gasteiger partial charge in [0, 0.05) is 12.8 Å². The topological polar surface area (TPSA) is 58.9 Å². The van der Waals surface area contributed by atoms with Crippen molar-refractivity contribution in [3.8, 4) is 0 Å². The van der Waals surface area contributed by atoms with Crippen LogP contribution in [-0.2, 0) is 9.59 Å². The van der Waals surface area contributed by atoms with Gasteiger partial charge in [-0.2, -0.15) is 10.2 Å². The van der Waals surface area contributed by atoms with Crippen LogP contribution >= 0.6 is 0 Å². The van der Waals surface area contributed by atoms with Gasteiger partial charge in [0.1, 0.15) is 11.6 Å². The molecule has 0 heterocycles. The van der Waals surface area contributed by atoms with Crippen LogP contribution in [0.15, 0.2) is 10.2 Å². The van der Waals surface area contributed by atoms with E-state index < -0.39 is 0 Å². The van der Waals surface area contributed by atoms with Crippen molar-refractivity contribution in [1.82, 2.24) is 0 Å². The smallest absolute Gasteiger partial charge is 0.131 e. The zero-order valence-electron chi connectivity index (χ0n) is 7.54. The molecule has 0 amide bonds. The fraction of sp³-hybridized carbons (Fsp3) is 0.750. The number of rotatable bonds is 6. The van der Waals surface area contributed by atoms with Gasteiger partial charge in [-0.1, -0.05) is 0 Å². The molecule has 0 fully saturated rings. The highest BCUT2D eigenvalue weighted by Gasteiger charge is 1.91. The molecule has 0 aromatic heterocycles. The van der Waals surface area contributed by atoms with Gasteiger partial charge >= 0.3 is 0 Å². The van der Waals surface area contributed by atoms with Crippen molar-refractivity contribution in [2.75, 3.05) is 13.1 Å². The lowest BCUT2D eigenvalue weighted by molar-refractivity contribution is -0.117. The minimum absolute atomic E-state index is 0.112. The molecular formula is C8H14N2O2. The van der Waals surface area contributed by atoms with Crippen LogP contribution in [0.1, 0.15) is 26.7 Å². The van der Waals surface area contributed by atoms with Crippen LogP contribution in [0.5, 0.6) is 0 Å². The maximum Gasteiger partial charge on any atom is 0.131 e. The number of carbonyl (C=O) groups excluding carboxylic acids is 2. The third-order valence-corrected chi connectivity index (χ3v) is 1.23. The van der Waals surface area contributed by atoms with E-state index in [1.165, 1.54) is 13.8 Å². The van der Waals surface area contributed by atoms with Crippen LogP contribution < -0.4 is 0 Å². The third kappa shape index (κ3) is 8.94. The summed E-state index contributed by atoms with van der Waals surface area (Å²) in [6.45, 7) is 3.91. The van der Waals surface area contributed by atoms with E-state index in [-0.39, 0.29) is 11.6 Å². The molecule has 0 radical (unpaired) electrons. The molecule has 68 valence electrons. The van der Waals surface area contributed by atoms with Gasteiger partial charge in [-0.15, -0.1) is 0 Å². The summed E-state index contributed by atoms with van der Waals surface area (Å²) < 4.78 is 0. The lowest BCUT2D eigenvalue weighted by Gasteiger charge is -1.89. The highest BCUT2D eigenvalue weighted by atomic mass is 16.1. The molecule has 0 saturated carbocycles. The normalized spacial score (nSPS) is 10.5. The largest absolute Gasteiger partial charge is 0.300 e. The first-order valence-corrected chi connectivity index (χ1v) is 3.95. The molecule has 0 aliphatic carbocycles. The highest BCUT2D eigenvalue weighted by molar-refractivity contribution is 5.75. The molecule has 0 aromatic carbocycles. The lowest BCUT2D eigenvalue weighted by Crippen LogP contribution is -1.94. The molecule has 4 heteroatoms. The molecule has 0 N–H and O–H groups in total. The quantitative estimate of drug-likeness (QED) is 0.565. The third-order valence-electron chi connectivity index (χ3n) is 1.23. The molecule has 0 spiro atoms. The summed E-state index contributed by atoms with van der Waals surface area (Å²) in [7, 11) is 0. The molecule has 0 aromatic rings. The first kappa shape index (κ1) is 10.9. The fourth-order valence-corrected chi connectivity index (χ4v) is 0.556. The predicted octanol–water partition coefficient (Wildman–Crippen LogP) is 1.40. The van der Waals surface area contributed by atoms with Gasteiger partial charge in [0.25, 0.3) is 0 Å². The maximum atomic E-state index is 10.4. The van der Waals surface area contributed by atoms with Gasteiger partial charge in [-0.05, 0) is 13.8 Å². The standard InChI is InChI=1S/C8H14N2O2/c1-7(11)3-5-9-10-6-4-8(2)12/h3-6H2,1-2H3. The van der Waals surface area contributed by atoms with Crippen molar-refractivity contribution < 1.29 is 9.59 Å². The SMILES string of the molecule is CC(=O)CCN=NCCC(C)=O. The molecule has 0 rings (SSSR count). The Morgan fingerprint density at radius 3 is 1.50 bits per heavy atom. The van der Waals surface area contributed by atoms with E-state index in [0.717, 1.165) is 0 Å². The van der Waals surface area contributed by atoms with Crippen LogP contribution in [-0.4, -0.2) is 24.7 Å². The molecule has 0 aliphatic heterocycles. The van der Waals surface area contributed by atoms with Crippen molar-refractivity contribution in [3.05, 3.63) is 0 Å². The van der Waals surface area contributed by atoms with Gasteiger partial charge in [0.05, 0.1) is 13.1 Å². The van der Waals surface area contributed by atoms with E-state index >= 15 is 0 Å². The van der Waals surface area contributed by atoms with Crippen molar-refractivity contribution >= 4 is 11.6 Å². The molecule has 0 bridgehead atoms. The maximum absolute atomic E-state index is 10.4. The number of Topliss-reactive ketones (excluding diaryl/α,β-unsaturated/α-hetero) is 2. The number of carbonyl (C=O) groups is 2. The van der Waals surface area contributed by atoms with Gasteiger partial charge in [0.15, 0.2) is 0 Å². The van der Waals surface area contributed by atoms with E-state index in [1.54, 1.807) is 0 Å². The Morgan fingerprint density at radius 2 is 1.25 bits per heavy atom. The van der Waals surface area contributed by atoms with Crippen molar-refractivity contribution in [3.63, 3.8) is 0 Å². The second-order valence-electron chi connectivity index (χ2n) is 2.63. The first-order valence-electron chi connectivity index (χ1n) is 3.95. The minimum atomic E-state index is 0.112. The Kier molecular flexibility index (Phi) is 6.05. The van der Waals surface area contributed by atoms with Crippen LogP contribution in [0.2, 0.25) is 0 Å². The number of ketones is 2. The summed E-state index contributed by atoms with van der Waals surface area (Å²) in [4.78, 5) is 20.9. The summed E-state index contributed by atoms with van der Waals surface area (Å²) in [6.07, 6.45) is 0.868. The molecule has 12 heavy (non-hydrogen) atoms. The van der Waals surface area contributed by atoms with E-state index in [0.29, 0.717) is 25.9 Å². The van der Waals surface area contributed by atoms with Gasteiger partial charge in [-0.25, -0.2) is 0 Å². The first-order chi connectivity index (χ1) is 5.63. The van der Waals surface area contributed by atoms with Crippen LogP contribution in [0.25, 0.3) is 0 Å². The van der Waals surface area contributed by atoms with Crippen LogP contribution in [0.4, 0.5) is 0 Å². The fourth-order valence-electron chi connectivity index (χ4n) is 0.556. The summed E-state index contributed by atoms with van der Waals surface area (Å²) in [5.41, 5.74) is 0. The van der Waals surface area contributed by atoms with Crippen LogP contribution in [0, 0.1) is 0 Å². The average Bonchev–Trinajstić information content (AvgIpc) is 1.95. The van der Waals surface area contributed by atoms with Crippen molar-refractivity contribution in [2.45, 2.75) is 26.7 Å². The highest BCUT2D eigenvalue weighted by Crippen LogP contribution is 1.87. The molecule has 0 aliphatic rings. The molecule has 0 saturated heterocycles. The molecule has 0 unspecified atom stereocenters. The van der Waals surface area contributed by atoms with Crippen molar-refractivity contribution in [2.24, 2.45) is 10.2 Å². The average molecular weight is 170 g/mol. The Hall–Kier alpha value is -1.06. The second kappa shape index (κ2) is 6.64. The van der Waals surface area contributed by atoms with Crippen molar-refractivity contribution in [1.29, 1.82) is 0 Å². The van der Waals surface area contributed by atoms with Gasteiger partial charge in [0.2, 0.25) is 0 Å². The molecule has 4 nitrogen and oxygen atoms in total. The monoisotopic (exact) mass is 170 g/mol. The number of nitrogens with zero attached hydrogens (tertiary/aromatic N) is 2. The Morgan fingerprint density at radius 1 is 0.917 bits per heavy atom. The summed E-state index contributed by atoms with van der Waals surface area (Å²) >= 11 is 0. The predicted molar refractivity (Wildman–Crippen MR) is 45.2 cm³/mol. The lowest BCUT2D eigenvalue weighted by atomic mass is 10.3. The number of hydrogen-bond donors (Lipinski definition) is 0. The summed E-state index contributed by atoms with van der Waals surface area (Å²) in [6, 6.07) is 0. The minimum Gasteiger partial charge on any atom is -0.300 e.